The molecule has 0 aromatic heterocycles. The van der Waals surface area contributed by atoms with E-state index in [1.807, 2.05) is 19.1 Å². The van der Waals surface area contributed by atoms with Crippen LogP contribution >= 0.6 is 0 Å². The quantitative estimate of drug-likeness (QED) is 0.726. The Kier molecular flexibility index (Phi) is 8.10. The number of nitrogens with two attached hydrogens (primary N) is 1. The van der Waals surface area contributed by atoms with Gasteiger partial charge in [0.05, 0.1) is 17.4 Å². The van der Waals surface area contributed by atoms with E-state index >= 15 is 0 Å². The Bertz CT molecular complexity index is 842. The highest BCUT2D eigenvalue weighted by molar-refractivity contribution is 7.85. The van der Waals surface area contributed by atoms with Crippen molar-refractivity contribution in [2.45, 2.75) is 18.2 Å². The Morgan fingerprint density at radius 2 is 1.70 bits per heavy atom. The molecular weight excluding hydrogens is 402 g/mol. The molecule has 0 aliphatic carbocycles. The average Bonchev–Trinajstić information content (AvgIpc) is 3.02. The van der Waals surface area contributed by atoms with E-state index in [-0.39, 0.29) is 6.09 Å². The van der Waals surface area contributed by atoms with Crippen LogP contribution in [0.4, 0.5) is 10.5 Å². The molecule has 1 aliphatic rings. The van der Waals surface area contributed by atoms with E-state index in [9.17, 15) is 9.00 Å². The number of nitrogens with zero attached hydrogens (tertiary/aromatic N) is 2. The van der Waals surface area contributed by atoms with E-state index in [1.165, 1.54) is 0 Å². The first-order chi connectivity index (χ1) is 14.6. The summed E-state index contributed by atoms with van der Waals surface area (Å²) in [7, 11) is -1.13. The number of carbonyl (C=O) groups excluding carboxylic acids is 1. The summed E-state index contributed by atoms with van der Waals surface area (Å²) < 4.78 is 23.0. The number of amides is 1. The van der Waals surface area contributed by atoms with Gasteiger partial charge in [0.25, 0.3) is 0 Å². The summed E-state index contributed by atoms with van der Waals surface area (Å²) in [4.78, 5) is 17.3. The molecule has 3 rings (SSSR count). The van der Waals surface area contributed by atoms with Crippen molar-refractivity contribution in [1.29, 1.82) is 0 Å². The van der Waals surface area contributed by atoms with E-state index in [1.54, 1.807) is 29.2 Å². The SMILES string of the molecule is CCOc1ccc(N2CCCN(C(=O)Oc3ccc(S(=O)CCN)cc3)CC2)cc1. The summed E-state index contributed by atoms with van der Waals surface area (Å²) in [6, 6.07) is 14.8. The third-order valence-corrected chi connectivity index (χ3v) is 6.27. The Labute approximate surface area is 180 Å². The highest BCUT2D eigenvalue weighted by Gasteiger charge is 2.21. The lowest BCUT2D eigenvalue weighted by atomic mass is 10.2. The molecule has 0 radical (unpaired) electrons. The highest BCUT2D eigenvalue weighted by Crippen LogP contribution is 2.21. The van der Waals surface area contributed by atoms with Crippen LogP contribution in [-0.4, -0.2) is 60.3 Å². The van der Waals surface area contributed by atoms with Crippen LogP contribution in [0.1, 0.15) is 13.3 Å². The van der Waals surface area contributed by atoms with Crippen LogP contribution in [0.3, 0.4) is 0 Å². The molecule has 1 atom stereocenters. The molecule has 0 saturated carbocycles. The fourth-order valence-electron chi connectivity index (χ4n) is 3.33. The molecule has 1 aliphatic heterocycles. The average molecular weight is 432 g/mol. The minimum atomic E-state index is -1.13. The number of ether oxygens (including phenoxy) is 2. The van der Waals surface area contributed by atoms with Crippen molar-refractivity contribution in [3.8, 4) is 11.5 Å². The second-order valence-corrected chi connectivity index (χ2v) is 8.50. The van der Waals surface area contributed by atoms with Crippen molar-refractivity contribution in [2.24, 2.45) is 5.73 Å². The van der Waals surface area contributed by atoms with Crippen LogP contribution in [-0.2, 0) is 10.8 Å². The van der Waals surface area contributed by atoms with Crippen LogP contribution < -0.4 is 20.1 Å². The van der Waals surface area contributed by atoms with Crippen LogP contribution in [0.2, 0.25) is 0 Å². The highest BCUT2D eigenvalue weighted by atomic mass is 32.2. The normalized spacial score (nSPS) is 15.4. The van der Waals surface area contributed by atoms with Gasteiger partial charge in [0.2, 0.25) is 0 Å². The van der Waals surface area contributed by atoms with Gasteiger partial charge in [0.1, 0.15) is 11.5 Å². The van der Waals surface area contributed by atoms with Crippen molar-refractivity contribution in [2.75, 3.05) is 50.0 Å². The molecule has 1 saturated heterocycles. The van der Waals surface area contributed by atoms with E-state index in [0.29, 0.717) is 42.6 Å². The zero-order chi connectivity index (χ0) is 21.3. The second kappa shape index (κ2) is 11.0. The third-order valence-electron chi connectivity index (χ3n) is 4.86. The van der Waals surface area contributed by atoms with E-state index < -0.39 is 10.8 Å². The van der Waals surface area contributed by atoms with Gasteiger partial charge in [-0.2, -0.15) is 0 Å². The molecule has 2 aromatic carbocycles. The van der Waals surface area contributed by atoms with E-state index in [0.717, 1.165) is 30.9 Å². The molecular formula is C22H29N3O4S. The zero-order valence-electron chi connectivity index (χ0n) is 17.3. The standard InChI is InChI=1S/C22H29N3O4S/c1-2-28-19-6-4-18(5-7-19)24-13-3-14-25(16-15-24)22(26)29-20-8-10-21(11-9-20)30(27)17-12-23/h4-11H,2-3,12-17,23H2,1H3. The Hall–Kier alpha value is -2.58. The number of rotatable bonds is 7. The fourth-order valence-corrected chi connectivity index (χ4v) is 4.22. The lowest BCUT2D eigenvalue weighted by molar-refractivity contribution is 0.155. The van der Waals surface area contributed by atoms with Gasteiger partial charge in [-0.15, -0.1) is 0 Å². The topological polar surface area (TPSA) is 85.1 Å². The van der Waals surface area contributed by atoms with Crippen molar-refractivity contribution in [3.05, 3.63) is 48.5 Å². The van der Waals surface area contributed by atoms with Gasteiger partial charge in [-0.05, 0) is 61.9 Å². The molecule has 0 bridgehead atoms. The number of anilines is 1. The molecule has 7 nitrogen and oxygen atoms in total. The molecule has 8 heteroatoms. The number of carbonyl (C=O) groups is 1. The van der Waals surface area contributed by atoms with Crippen LogP contribution in [0, 0.1) is 0 Å². The summed E-state index contributed by atoms with van der Waals surface area (Å²) >= 11 is 0. The third kappa shape index (κ3) is 5.96. The van der Waals surface area contributed by atoms with Gasteiger partial charge in [0.15, 0.2) is 0 Å². The summed E-state index contributed by atoms with van der Waals surface area (Å²) in [5.41, 5.74) is 6.57. The van der Waals surface area contributed by atoms with E-state index in [4.69, 9.17) is 15.2 Å². The molecule has 1 fully saturated rings. The van der Waals surface area contributed by atoms with Crippen molar-refractivity contribution >= 4 is 22.6 Å². The molecule has 2 N–H and O–H groups in total. The predicted octanol–water partition coefficient (Wildman–Crippen LogP) is 2.86. The van der Waals surface area contributed by atoms with Gasteiger partial charge in [0, 0.05) is 49.1 Å². The first-order valence-corrected chi connectivity index (χ1v) is 11.6. The molecule has 30 heavy (non-hydrogen) atoms. The van der Waals surface area contributed by atoms with E-state index in [2.05, 4.69) is 17.0 Å². The largest absolute Gasteiger partial charge is 0.494 e. The van der Waals surface area contributed by atoms with Crippen LogP contribution in [0.25, 0.3) is 0 Å². The molecule has 1 amide bonds. The maximum Gasteiger partial charge on any atom is 0.415 e. The molecule has 1 heterocycles. The van der Waals surface area contributed by atoms with Crippen LogP contribution in [0.15, 0.2) is 53.4 Å². The Balaban J connectivity index is 1.54. The summed E-state index contributed by atoms with van der Waals surface area (Å²) in [6.07, 6.45) is 0.499. The smallest absolute Gasteiger partial charge is 0.415 e. The maximum atomic E-state index is 12.6. The summed E-state index contributed by atoms with van der Waals surface area (Å²) in [5.74, 6) is 1.72. The second-order valence-electron chi connectivity index (χ2n) is 6.93. The van der Waals surface area contributed by atoms with Gasteiger partial charge >= 0.3 is 6.09 Å². The van der Waals surface area contributed by atoms with Crippen molar-refractivity contribution < 1.29 is 18.5 Å². The lowest BCUT2D eigenvalue weighted by Crippen LogP contribution is -2.37. The fraction of sp³-hybridized carbons (Fsp3) is 0.409. The number of hydrogen-bond donors (Lipinski definition) is 1. The number of benzene rings is 2. The van der Waals surface area contributed by atoms with Gasteiger partial charge in [-0.1, -0.05) is 0 Å². The van der Waals surface area contributed by atoms with Crippen LogP contribution in [0.5, 0.6) is 11.5 Å². The van der Waals surface area contributed by atoms with Gasteiger partial charge < -0.3 is 25.0 Å². The molecule has 162 valence electrons. The minimum Gasteiger partial charge on any atom is -0.494 e. The Morgan fingerprint density at radius 3 is 2.37 bits per heavy atom. The monoisotopic (exact) mass is 431 g/mol. The lowest BCUT2D eigenvalue weighted by Gasteiger charge is -2.23. The predicted molar refractivity (Wildman–Crippen MR) is 119 cm³/mol. The zero-order valence-corrected chi connectivity index (χ0v) is 18.1. The van der Waals surface area contributed by atoms with Crippen molar-refractivity contribution in [3.63, 3.8) is 0 Å². The van der Waals surface area contributed by atoms with Gasteiger partial charge in [-0.25, -0.2) is 4.79 Å². The number of hydrogen-bond acceptors (Lipinski definition) is 6. The van der Waals surface area contributed by atoms with Crippen molar-refractivity contribution in [1.82, 2.24) is 4.90 Å². The molecule has 1 unspecified atom stereocenters. The minimum absolute atomic E-state index is 0.362. The summed E-state index contributed by atoms with van der Waals surface area (Å²) in [6.45, 7) is 5.82. The first-order valence-electron chi connectivity index (χ1n) is 10.2. The van der Waals surface area contributed by atoms with Gasteiger partial charge in [-0.3, -0.25) is 4.21 Å². The molecule has 2 aromatic rings. The summed E-state index contributed by atoms with van der Waals surface area (Å²) in [5, 5.41) is 0. The Morgan fingerprint density at radius 1 is 1.00 bits per heavy atom. The first kappa shape index (κ1) is 22.1. The maximum absolute atomic E-state index is 12.6. The molecule has 0 spiro atoms.